The predicted octanol–water partition coefficient (Wildman–Crippen LogP) is 0.834. The molecule has 1 aliphatic rings. The molecular formula is C15H27N3O. The Morgan fingerprint density at radius 1 is 1.37 bits per heavy atom. The number of carbonyl (C=O) groups excluding carboxylic acids is 1. The quantitative estimate of drug-likeness (QED) is 0.699. The number of hydrogen-bond donors (Lipinski definition) is 2. The first-order chi connectivity index (χ1) is 9.02. The molecule has 0 saturated carbocycles. The van der Waals surface area contributed by atoms with Crippen molar-refractivity contribution in [3.8, 4) is 12.3 Å². The minimum Gasteiger partial charge on any atom is -0.354 e. The zero-order valence-corrected chi connectivity index (χ0v) is 12.4. The highest BCUT2D eigenvalue weighted by atomic mass is 16.2. The number of terminal acetylenes is 1. The summed E-state index contributed by atoms with van der Waals surface area (Å²) in [7, 11) is 0. The van der Waals surface area contributed by atoms with Gasteiger partial charge in [0, 0.05) is 25.7 Å². The molecular weight excluding hydrogens is 238 g/mol. The zero-order valence-electron chi connectivity index (χ0n) is 12.4. The summed E-state index contributed by atoms with van der Waals surface area (Å²) in [6.07, 6.45) is 7.43. The van der Waals surface area contributed by atoms with Gasteiger partial charge in [0.25, 0.3) is 0 Å². The lowest BCUT2D eigenvalue weighted by Crippen LogP contribution is -2.50. The van der Waals surface area contributed by atoms with Crippen LogP contribution in [0.3, 0.4) is 0 Å². The summed E-state index contributed by atoms with van der Waals surface area (Å²) in [5, 5.41) is 6.38. The van der Waals surface area contributed by atoms with Crippen molar-refractivity contribution in [2.45, 2.75) is 45.7 Å². The van der Waals surface area contributed by atoms with Crippen molar-refractivity contribution < 1.29 is 4.79 Å². The van der Waals surface area contributed by atoms with Crippen LogP contribution in [-0.4, -0.2) is 49.1 Å². The van der Waals surface area contributed by atoms with E-state index in [9.17, 15) is 4.79 Å². The van der Waals surface area contributed by atoms with Gasteiger partial charge in [0.05, 0.1) is 12.6 Å². The molecule has 108 valence electrons. The van der Waals surface area contributed by atoms with Gasteiger partial charge in [0.15, 0.2) is 0 Å². The van der Waals surface area contributed by atoms with Crippen LogP contribution >= 0.6 is 0 Å². The fraction of sp³-hybridized carbons (Fsp3) is 0.800. The average molecular weight is 265 g/mol. The molecule has 0 aromatic carbocycles. The van der Waals surface area contributed by atoms with E-state index in [1.807, 2.05) is 6.92 Å². The minimum absolute atomic E-state index is 0.0970. The van der Waals surface area contributed by atoms with Gasteiger partial charge in [0.1, 0.15) is 0 Å². The minimum atomic E-state index is -0.122. The van der Waals surface area contributed by atoms with Crippen molar-refractivity contribution in [1.29, 1.82) is 0 Å². The first-order valence-electron chi connectivity index (χ1n) is 7.22. The van der Waals surface area contributed by atoms with Gasteiger partial charge in [-0.2, -0.15) is 0 Å². The number of hydrogen-bond acceptors (Lipinski definition) is 3. The summed E-state index contributed by atoms with van der Waals surface area (Å²) in [4.78, 5) is 14.2. The molecule has 1 rings (SSSR count). The van der Waals surface area contributed by atoms with Crippen LogP contribution in [0, 0.1) is 18.3 Å². The van der Waals surface area contributed by atoms with Gasteiger partial charge in [-0.05, 0) is 25.7 Å². The van der Waals surface area contributed by atoms with Crippen LogP contribution in [0.25, 0.3) is 0 Å². The molecule has 0 spiro atoms. The van der Waals surface area contributed by atoms with Crippen molar-refractivity contribution in [3.05, 3.63) is 0 Å². The Hall–Kier alpha value is -1.05. The maximum Gasteiger partial charge on any atom is 0.236 e. The van der Waals surface area contributed by atoms with E-state index in [4.69, 9.17) is 6.42 Å². The number of likely N-dealkylation sites (tertiary alicyclic amines) is 1. The fourth-order valence-electron chi connectivity index (χ4n) is 2.27. The summed E-state index contributed by atoms with van der Waals surface area (Å²) in [5.41, 5.74) is 0. The van der Waals surface area contributed by atoms with Crippen molar-refractivity contribution in [2.75, 3.05) is 26.2 Å². The molecule has 0 bridgehead atoms. The van der Waals surface area contributed by atoms with Crippen LogP contribution in [0.4, 0.5) is 0 Å². The van der Waals surface area contributed by atoms with Gasteiger partial charge >= 0.3 is 0 Å². The third-order valence-electron chi connectivity index (χ3n) is 3.47. The molecule has 2 N–H and O–H groups in total. The van der Waals surface area contributed by atoms with Gasteiger partial charge in [-0.3, -0.25) is 9.69 Å². The molecule has 0 radical (unpaired) electrons. The molecule has 1 amide bonds. The van der Waals surface area contributed by atoms with Crippen LogP contribution in [0.1, 0.15) is 33.6 Å². The Bertz CT molecular complexity index is 314. The average Bonchev–Trinajstić information content (AvgIpc) is 2.38. The zero-order chi connectivity index (χ0) is 14.3. The second-order valence-electron chi connectivity index (χ2n) is 5.78. The van der Waals surface area contributed by atoms with E-state index >= 15 is 0 Å². The van der Waals surface area contributed by atoms with E-state index in [0.29, 0.717) is 12.0 Å². The lowest BCUT2D eigenvalue weighted by atomic mass is 10.0. The van der Waals surface area contributed by atoms with E-state index in [0.717, 1.165) is 39.0 Å². The first-order valence-corrected chi connectivity index (χ1v) is 7.22. The number of carbonyl (C=O) groups is 1. The molecule has 1 unspecified atom stereocenters. The molecule has 1 fully saturated rings. The highest BCUT2D eigenvalue weighted by Gasteiger charge is 2.22. The van der Waals surface area contributed by atoms with Gasteiger partial charge in [-0.25, -0.2) is 0 Å². The maximum absolute atomic E-state index is 11.9. The summed E-state index contributed by atoms with van der Waals surface area (Å²) in [6, 6.07) is 0.303. The van der Waals surface area contributed by atoms with Crippen LogP contribution in [-0.2, 0) is 4.79 Å². The summed E-state index contributed by atoms with van der Waals surface area (Å²) >= 11 is 0. The first kappa shape index (κ1) is 16.0. The molecule has 19 heavy (non-hydrogen) atoms. The lowest BCUT2D eigenvalue weighted by molar-refractivity contribution is -0.123. The maximum atomic E-state index is 11.9. The summed E-state index contributed by atoms with van der Waals surface area (Å²) in [6.45, 7) is 9.63. The molecule has 4 nitrogen and oxygen atoms in total. The largest absolute Gasteiger partial charge is 0.354 e. The van der Waals surface area contributed by atoms with Crippen molar-refractivity contribution in [1.82, 2.24) is 15.5 Å². The van der Waals surface area contributed by atoms with E-state index < -0.39 is 0 Å². The van der Waals surface area contributed by atoms with Crippen LogP contribution in [0.2, 0.25) is 0 Å². The molecule has 0 aromatic heterocycles. The van der Waals surface area contributed by atoms with Crippen LogP contribution in [0.15, 0.2) is 0 Å². The predicted molar refractivity (Wildman–Crippen MR) is 78.7 cm³/mol. The summed E-state index contributed by atoms with van der Waals surface area (Å²) < 4.78 is 0. The molecule has 1 atom stereocenters. The Morgan fingerprint density at radius 2 is 2.00 bits per heavy atom. The number of nitrogens with zero attached hydrogens (tertiary/aromatic N) is 1. The second-order valence-corrected chi connectivity index (χ2v) is 5.78. The highest BCUT2D eigenvalue weighted by Crippen LogP contribution is 2.10. The lowest BCUT2D eigenvalue weighted by Gasteiger charge is -2.32. The Morgan fingerprint density at radius 3 is 2.53 bits per heavy atom. The number of rotatable bonds is 6. The smallest absolute Gasteiger partial charge is 0.236 e. The number of amides is 1. The van der Waals surface area contributed by atoms with E-state index in [-0.39, 0.29) is 11.9 Å². The van der Waals surface area contributed by atoms with Crippen LogP contribution < -0.4 is 10.6 Å². The van der Waals surface area contributed by atoms with Gasteiger partial charge in [0.2, 0.25) is 5.91 Å². The van der Waals surface area contributed by atoms with Crippen LogP contribution in [0.5, 0.6) is 0 Å². The van der Waals surface area contributed by atoms with Gasteiger partial charge in [-0.15, -0.1) is 6.42 Å². The molecule has 1 aliphatic heterocycles. The Kier molecular flexibility index (Phi) is 6.90. The molecule has 1 saturated heterocycles. The number of nitrogens with one attached hydrogen (secondary N) is 2. The Balaban J connectivity index is 2.24. The van der Waals surface area contributed by atoms with Crippen molar-refractivity contribution >= 4 is 5.91 Å². The van der Waals surface area contributed by atoms with Gasteiger partial charge < -0.3 is 10.6 Å². The third-order valence-corrected chi connectivity index (χ3v) is 3.47. The fourth-order valence-corrected chi connectivity index (χ4v) is 2.27. The van der Waals surface area contributed by atoms with E-state index in [1.165, 1.54) is 0 Å². The van der Waals surface area contributed by atoms with E-state index in [1.54, 1.807) is 0 Å². The molecule has 0 aromatic rings. The SMILES string of the molecule is C#CCN1CCC(NC(C)C(=O)NCC(C)C)CC1. The number of piperidine rings is 1. The Labute approximate surface area is 117 Å². The standard InChI is InChI=1S/C15H27N3O/c1-5-8-18-9-6-14(7-10-18)17-13(4)15(19)16-11-12(2)3/h1,12-14,17H,6-11H2,2-4H3,(H,16,19). The second kappa shape index (κ2) is 8.19. The molecule has 4 heteroatoms. The molecule has 1 heterocycles. The van der Waals surface area contributed by atoms with Crippen molar-refractivity contribution in [3.63, 3.8) is 0 Å². The normalized spacial score (nSPS) is 19.1. The third kappa shape index (κ3) is 6.09. The topological polar surface area (TPSA) is 44.4 Å². The van der Waals surface area contributed by atoms with Gasteiger partial charge in [-0.1, -0.05) is 19.8 Å². The monoisotopic (exact) mass is 265 g/mol. The molecule has 0 aliphatic carbocycles. The highest BCUT2D eigenvalue weighted by molar-refractivity contribution is 5.81. The van der Waals surface area contributed by atoms with Crippen molar-refractivity contribution in [2.24, 2.45) is 5.92 Å². The summed E-state index contributed by atoms with van der Waals surface area (Å²) in [5.74, 6) is 3.27. The van der Waals surface area contributed by atoms with E-state index in [2.05, 4.69) is 35.3 Å².